The van der Waals surface area contributed by atoms with Gasteiger partial charge >= 0.3 is 0 Å². The Morgan fingerprint density at radius 1 is 1.19 bits per heavy atom. The Balaban J connectivity index is 1.68. The van der Waals surface area contributed by atoms with Crippen LogP contribution in [0.5, 0.6) is 0 Å². The third-order valence-corrected chi connectivity index (χ3v) is 4.48. The van der Waals surface area contributed by atoms with Crippen LogP contribution in [0.1, 0.15) is 19.8 Å². The van der Waals surface area contributed by atoms with E-state index in [0.29, 0.717) is 28.2 Å². The average molecular weight is 305 g/mol. The molecule has 5 heteroatoms. The van der Waals surface area contributed by atoms with Crippen LogP contribution in [-0.2, 0) is 9.59 Å². The topological polar surface area (TPSA) is 58.2 Å². The summed E-state index contributed by atoms with van der Waals surface area (Å²) < 4.78 is 0. The molecule has 2 bridgehead atoms. The third-order valence-electron chi connectivity index (χ3n) is 4.16. The normalized spacial score (nSPS) is 25.9. The van der Waals surface area contributed by atoms with Crippen LogP contribution in [-0.4, -0.2) is 11.8 Å². The molecule has 0 radical (unpaired) electrons. The first-order chi connectivity index (χ1) is 10.0. The summed E-state index contributed by atoms with van der Waals surface area (Å²) >= 11 is 6.10. The summed E-state index contributed by atoms with van der Waals surface area (Å²) in [6.07, 6.45) is 6.41. The molecule has 2 N–H and O–H groups in total. The molecule has 1 fully saturated rings. The standard InChI is InChI=1S/C16H17ClN2O2/c1-9(20)18-15-5-4-12(8-14(15)17)19-16(21)13-7-10-2-3-11(13)6-10/h2-5,8,10-11,13H,6-7H2,1H3,(H,18,20)(H,19,21). The second kappa shape index (κ2) is 5.53. The van der Waals surface area contributed by atoms with Crippen molar-refractivity contribution < 1.29 is 9.59 Å². The average Bonchev–Trinajstić information content (AvgIpc) is 3.04. The van der Waals surface area contributed by atoms with E-state index in [1.165, 1.54) is 6.92 Å². The molecule has 0 heterocycles. The van der Waals surface area contributed by atoms with E-state index in [1.807, 2.05) is 0 Å². The molecule has 2 amide bonds. The van der Waals surface area contributed by atoms with Gasteiger partial charge in [-0.05, 0) is 42.9 Å². The van der Waals surface area contributed by atoms with Gasteiger partial charge in [0.05, 0.1) is 10.7 Å². The van der Waals surface area contributed by atoms with Gasteiger partial charge in [-0.25, -0.2) is 0 Å². The van der Waals surface area contributed by atoms with E-state index in [2.05, 4.69) is 22.8 Å². The number of hydrogen-bond donors (Lipinski definition) is 2. The van der Waals surface area contributed by atoms with Crippen LogP contribution in [0.25, 0.3) is 0 Å². The smallest absolute Gasteiger partial charge is 0.228 e. The maximum atomic E-state index is 12.3. The van der Waals surface area contributed by atoms with Crippen LogP contribution in [0.15, 0.2) is 30.4 Å². The zero-order chi connectivity index (χ0) is 15.0. The predicted octanol–water partition coefficient (Wildman–Crippen LogP) is 3.45. The maximum absolute atomic E-state index is 12.3. The van der Waals surface area contributed by atoms with Gasteiger partial charge in [-0.15, -0.1) is 0 Å². The molecular formula is C16H17ClN2O2. The Kier molecular flexibility index (Phi) is 3.72. The first-order valence-corrected chi connectivity index (χ1v) is 7.47. The van der Waals surface area contributed by atoms with Crippen molar-refractivity contribution in [1.29, 1.82) is 0 Å². The van der Waals surface area contributed by atoms with Crippen molar-refractivity contribution in [2.45, 2.75) is 19.8 Å². The number of rotatable bonds is 3. The quantitative estimate of drug-likeness (QED) is 0.840. The van der Waals surface area contributed by atoms with Gasteiger partial charge in [0.25, 0.3) is 0 Å². The molecule has 3 rings (SSSR count). The van der Waals surface area contributed by atoms with Gasteiger partial charge in [-0.1, -0.05) is 23.8 Å². The summed E-state index contributed by atoms with van der Waals surface area (Å²) in [5.41, 5.74) is 1.20. The van der Waals surface area contributed by atoms with Gasteiger partial charge < -0.3 is 10.6 Å². The van der Waals surface area contributed by atoms with E-state index in [-0.39, 0.29) is 17.7 Å². The molecule has 2 aliphatic carbocycles. The molecule has 0 spiro atoms. The van der Waals surface area contributed by atoms with Crippen LogP contribution in [0.4, 0.5) is 11.4 Å². The molecule has 1 saturated carbocycles. The highest BCUT2D eigenvalue weighted by molar-refractivity contribution is 6.34. The van der Waals surface area contributed by atoms with Crippen LogP contribution in [0.2, 0.25) is 5.02 Å². The monoisotopic (exact) mass is 304 g/mol. The summed E-state index contributed by atoms with van der Waals surface area (Å²) in [6, 6.07) is 5.10. The molecule has 2 aliphatic rings. The summed E-state index contributed by atoms with van der Waals surface area (Å²) in [5.74, 6) is 0.882. The van der Waals surface area contributed by atoms with Gasteiger partial charge in [0.1, 0.15) is 0 Å². The number of fused-ring (bicyclic) bond motifs is 2. The lowest BCUT2D eigenvalue weighted by molar-refractivity contribution is -0.120. The Morgan fingerprint density at radius 3 is 2.57 bits per heavy atom. The Bertz CT molecular complexity index is 627. The molecule has 1 aromatic carbocycles. The van der Waals surface area contributed by atoms with Crippen molar-refractivity contribution in [2.75, 3.05) is 10.6 Å². The fraction of sp³-hybridized carbons (Fsp3) is 0.375. The number of anilines is 2. The molecule has 0 aliphatic heterocycles. The number of hydrogen-bond acceptors (Lipinski definition) is 2. The first-order valence-electron chi connectivity index (χ1n) is 7.09. The third kappa shape index (κ3) is 2.95. The molecular weight excluding hydrogens is 288 g/mol. The van der Waals surface area contributed by atoms with Crippen molar-refractivity contribution in [3.05, 3.63) is 35.4 Å². The highest BCUT2D eigenvalue weighted by Crippen LogP contribution is 2.43. The van der Waals surface area contributed by atoms with E-state index in [1.54, 1.807) is 18.2 Å². The maximum Gasteiger partial charge on any atom is 0.228 e. The summed E-state index contributed by atoms with van der Waals surface area (Å²) in [5, 5.41) is 5.97. The van der Waals surface area contributed by atoms with Crippen molar-refractivity contribution in [3.63, 3.8) is 0 Å². The fourth-order valence-corrected chi connectivity index (χ4v) is 3.43. The van der Waals surface area contributed by atoms with Crippen LogP contribution in [0, 0.1) is 17.8 Å². The molecule has 0 saturated heterocycles. The molecule has 4 nitrogen and oxygen atoms in total. The molecule has 0 aromatic heterocycles. The minimum absolute atomic E-state index is 0.0511. The van der Waals surface area contributed by atoms with Crippen molar-refractivity contribution in [2.24, 2.45) is 17.8 Å². The van der Waals surface area contributed by atoms with Gasteiger partial charge in [-0.3, -0.25) is 9.59 Å². The van der Waals surface area contributed by atoms with Crippen molar-refractivity contribution in [1.82, 2.24) is 0 Å². The van der Waals surface area contributed by atoms with Crippen molar-refractivity contribution in [3.8, 4) is 0 Å². The minimum atomic E-state index is -0.178. The number of allylic oxidation sites excluding steroid dienone is 2. The number of halogens is 1. The lowest BCUT2D eigenvalue weighted by Crippen LogP contribution is -2.25. The minimum Gasteiger partial charge on any atom is -0.326 e. The highest BCUT2D eigenvalue weighted by Gasteiger charge is 2.39. The zero-order valence-corrected chi connectivity index (χ0v) is 12.5. The molecule has 3 atom stereocenters. The van der Waals surface area contributed by atoms with E-state index in [4.69, 9.17) is 11.6 Å². The van der Waals surface area contributed by atoms with Crippen LogP contribution >= 0.6 is 11.6 Å². The molecule has 3 unspecified atom stereocenters. The molecule has 1 aromatic rings. The number of benzene rings is 1. The highest BCUT2D eigenvalue weighted by atomic mass is 35.5. The summed E-state index contributed by atoms with van der Waals surface area (Å²) in [4.78, 5) is 23.4. The van der Waals surface area contributed by atoms with Crippen LogP contribution in [0.3, 0.4) is 0 Å². The number of carbonyl (C=O) groups is 2. The Hall–Kier alpha value is -1.81. The first kappa shape index (κ1) is 14.1. The van der Waals surface area contributed by atoms with E-state index >= 15 is 0 Å². The van der Waals surface area contributed by atoms with Gasteiger partial charge in [0, 0.05) is 18.5 Å². The SMILES string of the molecule is CC(=O)Nc1ccc(NC(=O)C2CC3C=CC2C3)cc1Cl. The van der Waals surface area contributed by atoms with E-state index < -0.39 is 0 Å². The Morgan fingerprint density at radius 2 is 2.00 bits per heavy atom. The number of carbonyl (C=O) groups excluding carboxylic acids is 2. The van der Waals surface area contributed by atoms with Crippen molar-refractivity contribution >= 4 is 34.8 Å². The summed E-state index contributed by atoms with van der Waals surface area (Å²) in [7, 11) is 0. The van der Waals surface area contributed by atoms with Crippen LogP contribution < -0.4 is 10.6 Å². The largest absolute Gasteiger partial charge is 0.326 e. The van der Waals surface area contributed by atoms with Gasteiger partial charge in [-0.2, -0.15) is 0 Å². The molecule has 110 valence electrons. The van der Waals surface area contributed by atoms with Gasteiger partial charge in [0.15, 0.2) is 0 Å². The second-order valence-electron chi connectivity index (χ2n) is 5.75. The number of amides is 2. The predicted molar refractivity (Wildman–Crippen MR) is 83.2 cm³/mol. The summed E-state index contributed by atoms with van der Waals surface area (Å²) in [6.45, 7) is 1.43. The lowest BCUT2D eigenvalue weighted by atomic mass is 9.93. The second-order valence-corrected chi connectivity index (χ2v) is 6.16. The Labute approximate surface area is 128 Å². The van der Waals surface area contributed by atoms with E-state index in [9.17, 15) is 9.59 Å². The fourth-order valence-electron chi connectivity index (χ4n) is 3.20. The molecule has 21 heavy (non-hydrogen) atoms. The lowest BCUT2D eigenvalue weighted by Gasteiger charge is -2.18. The van der Waals surface area contributed by atoms with Gasteiger partial charge in [0.2, 0.25) is 11.8 Å². The van der Waals surface area contributed by atoms with E-state index in [0.717, 1.165) is 12.8 Å². The number of nitrogens with one attached hydrogen (secondary N) is 2. The zero-order valence-electron chi connectivity index (χ0n) is 11.7.